The van der Waals surface area contributed by atoms with Crippen molar-refractivity contribution in [2.24, 2.45) is 4.99 Å². The Morgan fingerprint density at radius 2 is 1.97 bits per heavy atom. The number of aliphatic carboxylic acids is 1. The number of anilines is 2. The fraction of sp³-hybridized carbons (Fsp3) is 0.125. The molecular formula is C24H20ClN3O4. The molecule has 1 heterocycles. The first kappa shape index (κ1) is 21.5. The maximum Gasteiger partial charge on any atom is 0.306 e. The highest BCUT2D eigenvalue weighted by Gasteiger charge is 2.13. The van der Waals surface area contributed by atoms with E-state index in [1.807, 2.05) is 54.6 Å². The second-order valence-corrected chi connectivity index (χ2v) is 7.57. The lowest BCUT2D eigenvalue weighted by atomic mass is 10.0. The van der Waals surface area contributed by atoms with E-state index in [-0.39, 0.29) is 13.0 Å². The Morgan fingerprint density at radius 3 is 2.75 bits per heavy atom. The van der Waals surface area contributed by atoms with E-state index in [1.165, 1.54) is 0 Å². The lowest BCUT2D eigenvalue weighted by Crippen LogP contribution is -2.16. The lowest BCUT2D eigenvalue weighted by Gasteiger charge is -2.10. The van der Waals surface area contributed by atoms with Crippen molar-refractivity contribution in [3.8, 4) is 11.1 Å². The molecule has 0 spiro atoms. The molecule has 8 heteroatoms. The molecule has 162 valence electrons. The molecule has 3 N–H and O–H groups in total. The predicted molar refractivity (Wildman–Crippen MR) is 125 cm³/mol. The van der Waals surface area contributed by atoms with E-state index in [0.717, 1.165) is 22.1 Å². The maximum absolute atomic E-state index is 10.6. The van der Waals surface area contributed by atoms with Crippen molar-refractivity contribution in [2.75, 3.05) is 11.9 Å². The zero-order chi connectivity index (χ0) is 22.5. The molecule has 1 unspecified atom stereocenters. The number of aliphatic hydroxyl groups is 1. The van der Waals surface area contributed by atoms with Gasteiger partial charge in [-0.3, -0.25) is 9.79 Å². The van der Waals surface area contributed by atoms with Gasteiger partial charge in [0.05, 0.1) is 35.2 Å². The second-order valence-electron chi connectivity index (χ2n) is 7.19. The summed E-state index contributed by atoms with van der Waals surface area (Å²) in [5.74, 6) is -0.558. The molecule has 4 rings (SSSR count). The first-order valence-electron chi connectivity index (χ1n) is 9.91. The van der Waals surface area contributed by atoms with Crippen LogP contribution in [0.15, 0.2) is 76.2 Å². The monoisotopic (exact) mass is 449 g/mol. The van der Waals surface area contributed by atoms with Crippen LogP contribution in [0.3, 0.4) is 0 Å². The third kappa shape index (κ3) is 4.96. The van der Waals surface area contributed by atoms with Gasteiger partial charge in [0, 0.05) is 11.8 Å². The van der Waals surface area contributed by atoms with Crippen LogP contribution in [0.1, 0.15) is 12.0 Å². The first-order chi connectivity index (χ1) is 15.5. The number of nitrogens with one attached hydrogen (secondary N) is 1. The summed E-state index contributed by atoms with van der Waals surface area (Å²) in [7, 11) is 0. The molecule has 1 aromatic heterocycles. The van der Waals surface area contributed by atoms with Gasteiger partial charge in [0.1, 0.15) is 0 Å². The van der Waals surface area contributed by atoms with E-state index in [4.69, 9.17) is 21.2 Å². The Kier molecular flexibility index (Phi) is 6.49. The molecule has 4 aromatic rings. The summed E-state index contributed by atoms with van der Waals surface area (Å²) >= 11 is 6.67. The number of carboxylic acids is 1. The van der Waals surface area contributed by atoms with E-state index in [9.17, 15) is 9.90 Å². The molecule has 0 aliphatic heterocycles. The van der Waals surface area contributed by atoms with E-state index in [1.54, 1.807) is 18.3 Å². The Hall–Kier alpha value is -3.68. The summed E-state index contributed by atoms with van der Waals surface area (Å²) < 4.78 is 5.41. The van der Waals surface area contributed by atoms with E-state index in [0.29, 0.717) is 22.1 Å². The van der Waals surface area contributed by atoms with Gasteiger partial charge in [-0.15, -0.1) is 0 Å². The van der Waals surface area contributed by atoms with Gasteiger partial charge in [0.2, 0.25) is 0 Å². The third-order valence-corrected chi connectivity index (χ3v) is 5.20. The highest BCUT2D eigenvalue weighted by Crippen LogP contribution is 2.36. The largest absolute Gasteiger partial charge is 0.481 e. The number of benzene rings is 3. The van der Waals surface area contributed by atoms with Crippen LogP contribution in [0.5, 0.6) is 0 Å². The minimum atomic E-state index is -1.07. The van der Waals surface area contributed by atoms with Crippen molar-refractivity contribution in [3.05, 3.63) is 77.3 Å². The van der Waals surface area contributed by atoms with Crippen molar-refractivity contribution in [2.45, 2.75) is 12.5 Å². The first-order valence-corrected chi connectivity index (χ1v) is 10.3. The number of aromatic nitrogens is 1. The van der Waals surface area contributed by atoms with Gasteiger partial charge < -0.3 is 20.1 Å². The summed E-state index contributed by atoms with van der Waals surface area (Å²) in [5.41, 5.74) is 3.95. The molecule has 3 aromatic carbocycles. The number of nitrogens with zero attached hydrogens (tertiary/aromatic N) is 2. The average Bonchev–Trinajstić information content (AvgIpc) is 3.17. The number of halogens is 1. The highest BCUT2D eigenvalue weighted by atomic mass is 35.5. The van der Waals surface area contributed by atoms with Gasteiger partial charge in [0.15, 0.2) is 11.4 Å². The molecular weight excluding hydrogens is 430 g/mol. The zero-order valence-corrected chi connectivity index (χ0v) is 17.7. The quantitative estimate of drug-likeness (QED) is 0.321. The molecule has 0 aliphatic rings. The van der Waals surface area contributed by atoms with Crippen LogP contribution in [0.2, 0.25) is 5.02 Å². The number of carboxylic acid groups (broad SMARTS) is 1. The zero-order valence-electron chi connectivity index (χ0n) is 16.9. The maximum atomic E-state index is 10.6. The van der Waals surface area contributed by atoms with Gasteiger partial charge in [-0.2, -0.15) is 0 Å². The molecule has 0 saturated heterocycles. The van der Waals surface area contributed by atoms with Crippen molar-refractivity contribution in [1.29, 1.82) is 0 Å². The number of aliphatic imine (C=N–C) groups is 1. The van der Waals surface area contributed by atoms with Gasteiger partial charge in [-0.1, -0.05) is 59.2 Å². The summed E-state index contributed by atoms with van der Waals surface area (Å²) in [5, 5.41) is 27.0. The molecule has 1 atom stereocenters. The van der Waals surface area contributed by atoms with Crippen molar-refractivity contribution in [1.82, 2.24) is 5.16 Å². The molecule has 0 aliphatic carbocycles. The fourth-order valence-corrected chi connectivity index (χ4v) is 3.55. The van der Waals surface area contributed by atoms with Crippen LogP contribution in [-0.4, -0.2) is 40.2 Å². The average molecular weight is 450 g/mol. The van der Waals surface area contributed by atoms with Crippen molar-refractivity contribution >= 4 is 46.3 Å². The molecule has 0 amide bonds. The third-order valence-electron chi connectivity index (χ3n) is 4.80. The van der Waals surface area contributed by atoms with Crippen molar-refractivity contribution in [3.63, 3.8) is 0 Å². The van der Waals surface area contributed by atoms with Crippen molar-refractivity contribution < 1.29 is 19.5 Å². The van der Waals surface area contributed by atoms with E-state index in [2.05, 4.69) is 15.5 Å². The van der Waals surface area contributed by atoms with Gasteiger partial charge in [-0.05, 0) is 35.4 Å². The lowest BCUT2D eigenvalue weighted by molar-refractivity contribution is -0.139. The van der Waals surface area contributed by atoms with Crippen LogP contribution >= 0.6 is 11.6 Å². The summed E-state index contributed by atoms with van der Waals surface area (Å²) in [6.45, 7) is 0.000960. The standard InChI is InChI=1S/C24H20ClN3O4/c25-23-18(16-5-2-1-3-6-16)7-4-8-20(23)27-24-19-11-15(9-10-21(19)32-28-24)13-26-14-17(29)12-22(30)31/h1-11,13,17,29H,12,14H2,(H,27,28)(H,30,31). The minimum absolute atomic E-state index is 0.000960. The molecule has 32 heavy (non-hydrogen) atoms. The van der Waals surface area contributed by atoms with Crippen LogP contribution in [0, 0.1) is 0 Å². The number of hydrogen-bond acceptors (Lipinski definition) is 6. The number of rotatable bonds is 8. The smallest absolute Gasteiger partial charge is 0.306 e. The fourth-order valence-electron chi connectivity index (χ4n) is 3.27. The molecule has 7 nitrogen and oxygen atoms in total. The SMILES string of the molecule is O=C(O)CC(O)CN=Cc1ccc2onc(Nc3cccc(-c4ccccc4)c3Cl)c2c1. The Labute approximate surface area is 189 Å². The normalized spacial score (nSPS) is 12.3. The predicted octanol–water partition coefficient (Wildman–Crippen LogP) is 5.15. The number of carbonyl (C=O) groups is 1. The topological polar surface area (TPSA) is 108 Å². The highest BCUT2D eigenvalue weighted by molar-refractivity contribution is 6.36. The Morgan fingerprint density at radius 1 is 1.16 bits per heavy atom. The summed E-state index contributed by atoms with van der Waals surface area (Å²) in [6.07, 6.45) is 0.197. The van der Waals surface area contributed by atoms with Gasteiger partial charge >= 0.3 is 5.97 Å². The number of hydrogen-bond donors (Lipinski definition) is 3. The minimum Gasteiger partial charge on any atom is -0.481 e. The Balaban J connectivity index is 1.57. The Bertz CT molecular complexity index is 1270. The van der Waals surface area contributed by atoms with Gasteiger partial charge in [-0.25, -0.2) is 0 Å². The van der Waals surface area contributed by atoms with Crippen LogP contribution < -0.4 is 5.32 Å². The van der Waals surface area contributed by atoms with Crippen LogP contribution in [0.4, 0.5) is 11.5 Å². The van der Waals surface area contributed by atoms with Crippen LogP contribution in [-0.2, 0) is 4.79 Å². The summed E-state index contributed by atoms with van der Waals surface area (Å²) in [6, 6.07) is 21.0. The number of fused-ring (bicyclic) bond motifs is 1. The molecule has 0 bridgehead atoms. The molecule has 0 radical (unpaired) electrons. The van der Waals surface area contributed by atoms with E-state index >= 15 is 0 Å². The summed E-state index contributed by atoms with van der Waals surface area (Å²) in [4.78, 5) is 14.8. The number of aliphatic hydroxyl groups excluding tert-OH is 1. The van der Waals surface area contributed by atoms with Gasteiger partial charge in [0.25, 0.3) is 0 Å². The molecule has 0 saturated carbocycles. The molecule has 0 fully saturated rings. The second kappa shape index (κ2) is 9.64. The van der Waals surface area contributed by atoms with E-state index < -0.39 is 12.1 Å². The van der Waals surface area contributed by atoms with Crippen LogP contribution in [0.25, 0.3) is 22.1 Å².